The molecular weight excluding hydrogens is 217 g/mol. The molecule has 8 heteroatoms. The molecule has 0 saturated heterocycles. The fraction of sp³-hybridized carbons (Fsp3) is 0.714. The van der Waals surface area contributed by atoms with Crippen molar-refractivity contribution in [1.82, 2.24) is 5.32 Å². The Balaban J connectivity index is 2.55. The first-order valence-corrected chi connectivity index (χ1v) is 4.06. The van der Waals surface area contributed by atoms with Gasteiger partial charge in [0.05, 0.1) is 7.11 Å². The van der Waals surface area contributed by atoms with Gasteiger partial charge >= 0.3 is 12.3 Å². The average Bonchev–Trinajstić information content (AvgIpc) is 2.17. The molecule has 0 aromatic carbocycles. The van der Waals surface area contributed by atoms with Crippen molar-refractivity contribution in [3.05, 3.63) is 0 Å². The third-order valence-electron chi connectivity index (χ3n) is 1.66. The van der Waals surface area contributed by atoms with Crippen LogP contribution in [0.4, 0.5) is 18.0 Å². The third kappa shape index (κ3) is 3.30. The largest absolute Gasteiger partial charge is 0.453 e. The number of methoxy groups -OCH3 is 1. The van der Waals surface area contributed by atoms with Gasteiger partial charge in [-0.2, -0.15) is 13.2 Å². The first-order valence-electron chi connectivity index (χ1n) is 4.06. The van der Waals surface area contributed by atoms with Crippen molar-refractivity contribution < 1.29 is 27.4 Å². The number of hydrogen-bond acceptors (Lipinski definition) is 4. The SMILES string of the molecule is COC(=O)NC1=NCCC(C(F)(F)F)O1. The molecule has 86 valence electrons. The van der Waals surface area contributed by atoms with Crippen molar-refractivity contribution in [1.29, 1.82) is 0 Å². The van der Waals surface area contributed by atoms with E-state index in [1.54, 1.807) is 0 Å². The molecule has 1 amide bonds. The van der Waals surface area contributed by atoms with Crippen LogP contribution in [0.25, 0.3) is 0 Å². The Morgan fingerprint density at radius 2 is 2.33 bits per heavy atom. The van der Waals surface area contributed by atoms with E-state index in [2.05, 4.69) is 14.5 Å². The highest BCUT2D eigenvalue weighted by atomic mass is 19.4. The zero-order valence-corrected chi connectivity index (χ0v) is 7.80. The number of amidine groups is 1. The number of carbonyl (C=O) groups excluding carboxylic acids is 1. The van der Waals surface area contributed by atoms with Gasteiger partial charge in [-0.1, -0.05) is 0 Å². The molecule has 1 aliphatic heterocycles. The monoisotopic (exact) mass is 226 g/mol. The van der Waals surface area contributed by atoms with Crippen LogP contribution in [0.1, 0.15) is 6.42 Å². The molecule has 1 aliphatic rings. The third-order valence-corrected chi connectivity index (χ3v) is 1.66. The van der Waals surface area contributed by atoms with Crippen molar-refractivity contribution in [2.75, 3.05) is 13.7 Å². The van der Waals surface area contributed by atoms with E-state index in [0.717, 1.165) is 7.11 Å². The van der Waals surface area contributed by atoms with Crippen LogP contribution in [0.2, 0.25) is 0 Å². The predicted octanol–water partition coefficient (Wildman–Crippen LogP) is 1.05. The summed E-state index contributed by atoms with van der Waals surface area (Å²) in [6.07, 6.45) is -7.56. The first kappa shape index (κ1) is 11.6. The summed E-state index contributed by atoms with van der Waals surface area (Å²) >= 11 is 0. The van der Waals surface area contributed by atoms with Gasteiger partial charge in [-0.15, -0.1) is 0 Å². The maximum absolute atomic E-state index is 12.2. The van der Waals surface area contributed by atoms with Crippen molar-refractivity contribution in [3.63, 3.8) is 0 Å². The molecule has 1 heterocycles. The van der Waals surface area contributed by atoms with Crippen molar-refractivity contribution in [2.45, 2.75) is 18.7 Å². The van der Waals surface area contributed by atoms with Gasteiger partial charge in [0.1, 0.15) is 0 Å². The molecule has 5 nitrogen and oxygen atoms in total. The Hall–Kier alpha value is -1.47. The highest BCUT2D eigenvalue weighted by Gasteiger charge is 2.43. The van der Waals surface area contributed by atoms with Gasteiger partial charge in [0.25, 0.3) is 6.02 Å². The number of nitrogens with one attached hydrogen (secondary N) is 1. The van der Waals surface area contributed by atoms with Gasteiger partial charge in [0, 0.05) is 13.0 Å². The van der Waals surface area contributed by atoms with Gasteiger partial charge in [-0.25, -0.2) is 15.1 Å². The molecule has 1 rings (SSSR count). The number of hydrogen-bond donors (Lipinski definition) is 1. The van der Waals surface area contributed by atoms with E-state index in [-0.39, 0.29) is 13.0 Å². The van der Waals surface area contributed by atoms with Crippen molar-refractivity contribution in [2.24, 2.45) is 4.99 Å². The number of alkyl halides is 3. The Kier molecular flexibility index (Phi) is 3.38. The Morgan fingerprint density at radius 3 is 2.87 bits per heavy atom. The van der Waals surface area contributed by atoms with Gasteiger partial charge in [-0.05, 0) is 0 Å². The molecule has 0 bridgehead atoms. The lowest BCUT2D eigenvalue weighted by atomic mass is 10.2. The minimum absolute atomic E-state index is 0.0521. The van der Waals surface area contributed by atoms with E-state index in [4.69, 9.17) is 0 Å². The molecule has 1 N–H and O–H groups in total. The Bertz CT molecular complexity index is 277. The fourth-order valence-electron chi connectivity index (χ4n) is 0.952. The van der Waals surface area contributed by atoms with Crippen LogP contribution in [0.15, 0.2) is 4.99 Å². The number of halogens is 3. The second kappa shape index (κ2) is 4.37. The summed E-state index contributed by atoms with van der Waals surface area (Å²) in [5, 5.41) is 1.94. The maximum atomic E-state index is 12.2. The van der Waals surface area contributed by atoms with Gasteiger partial charge in [0.2, 0.25) is 0 Å². The summed E-state index contributed by atoms with van der Waals surface area (Å²) in [4.78, 5) is 14.2. The number of amides is 1. The highest BCUT2D eigenvalue weighted by molar-refractivity contribution is 5.90. The minimum atomic E-state index is -4.46. The highest BCUT2D eigenvalue weighted by Crippen LogP contribution is 2.26. The minimum Gasteiger partial charge on any atom is -0.453 e. The molecular formula is C7H9F3N2O3. The average molecular weight is 226 g/mol. The summed E-state index contributed by atoms with van der Waals surface area (Å²) in [5.74, 6) is 0. The molecule has 1 unspecified atom stereocenters. The number of ether oxygens (including phenoxy) is 2. The lowest BCUT2D eigenvalue weighted by molar-refractivity contribution is -0.202. The van der Waals surface area contributed by atoms with Crippen molar-refractivity contribution >= 4 is 12.1 Å². The molecule has 0 aromatic rings. The summed E-state index contributed by atoms with van der Waals surface area (Å²) < 4.78 is 45.2. The van der Waals surface area contributed by atoms with Crippen molar-refractivity contribution in [3.8, 4) is 0 Å². The molecule has 1 atom stereocenters. The standard InChI is InChI=1S/C7H9F3N2O3/c1-14-6(13)12-5-11-3-2-4(15-5)7(8,9)10/h4H,2-3H2,1H3,(H,11,12,13). The van der Waals surface area contributed by atoms with E-state index < -0.39 is 24.4 Å². The van der Waals surface area contributed by atoms with E-state index in [0.29, 0.717) is 0 Å². The van der Waals surface area contributed by atoms with E-state index in [9.17, 15) is 18.0 Å². The number of nitrogens with zero attached hydrogens (tertiary/aromatic N) is 1. The zero-order chi connectivity index (χ0) is 11.5. The van der Waals surface area contributed by atoms with Gasteiger partial charge in [-0.3, -0.25) is 0 Å². The topological polar surface area (TPSA) is 59.9 Å². The van der Waals surface area contributed by atoms with Crippen LogP contribution in [-0.4, -0.2) is 38.0 Å². The van der Waals surface area contributed by atoms with Crippen LogP contribution < -0.4 is 5.32 Å². The quantitative estimate of drug-likeness (QED) is 0.671. The van der Waals surface area contributed by atoms with Crippen LogP contribution >= 0.6 is 0 Å². The lowest BCUT2D eigenvalue weighted by Crippen LogP contribution is -2.43. The molecule has 0 aliphatic carbocycles. The lowest BCUT2D eigenvalue weighted by Gasteiger charge is -2.24. The smallest absolute Gasteiger partial charge is 0.425 e. The Morgan fingerprint density at radius 1 is 1.67 bits per heavy atom. The van der Waals surface area contributed by atoms with E-state index in [1.165, 1.54) is 0 Å². The Labute approximate surface area is 83.3 Å². The summed E-state index contributed by atoms with van der Waals surface area (Å²) in [6.45, 7) is -0.0521. The fourth-order valence-corrected chi connectivity index (χ4v) is 0.952. The van der Waals surface area contributed by atoms with E-state index >= 15 is 0 Å². The predicted molar refractivity (Wildman–Crippen MR) is 43.4 cm³/mol. The van der Waals surface area contributed by atoms with Crippen LogP contribution in [0, 0.1) is 0 Å². The zero-order valence-electron chi connectivity index (χ0n) is 7.80. The molecule has 0 spiro atoms. The number of alkyl carbamates (subject to hydrolysis) is 1. The molecule has 0 aromatic heterocycles. The second-order valence-electron chi connectivity index (χ2n) is 2.74. The number of aliphatic imine (C=N–C) groups is 1. The molecule has 0 radical (unpaired) electrons. The summed E-state index contributed by atoms with van der Waals surface area (Å²) in [5.41, 5.74) is 0. The second-order valence-corrected chi connectivity index (χ2v) is 2.74. The van der Waals surface area contributed by atoms with Gasteiger partial charge < -0.3 is 9.47 Å². The first-order chi connectivity index (χ1) is 6.93. The van der Waals surface area contributed by atoms with Crippen LogP contribution in [0.5, 0.6) is 0 Å². The number of carbonyl (C=O) groups is 1. The molecule has 0 fully saturated rings. The van der Waals surface area contributed by atoms with E-state index in [1.807, 2.05) is 5.32 Å². The van der Waals surface area contributed by atoms with Gasteiger partial charge in [0.15, 0.2) is 6.10 Å². The molecule has 0 saturated carbocycles. The maximum Gasteiger partial charge on any atom is 0.425 e. The molecule has 15 heavy (non-hydrogen) atoms. The van der Waals surface area contributed by atoms with Crippen LogP contribution in [-0.2, 0) is 9.47 Å². The summed E-state index contributed by atoms with van der Waals surface area (Å²) in [6, 6.07) is -0.463. The van der Waals surface area contributed by atoms with Crippen LogP contribution in [0.3, 0.4) is 0 Å². The number of rotatable bonds is 0. The summed E-state index contributed by atoms with van der Waals surface area (Å²) in [7, 11) is 1.08. The normalized spacial score (nSPS) is 21.3.